The Morgan fingerprint density at radius 1 is 1.19 bits per heavy atom. The van der Waals surface area contributed by atoms with E-state index in [0.29, 0.717) is 6.04 Å². The van der Waals surface area contributed by atoms with Crippen LogP contribution in [0.25, 0.3) is 0 Å². The van der Waals surface area contributed by atoms with Crippen LogP contribution in [-0.2, 0) is 45.6 Å². The van der Waals surface area contributed by atoms with Crippen molar-refractivity contribution in [3.8, 4) is 0 Å². The summed E-state index contributed by atoms with van der Waals surface area (Å²) in [6, 6.07) is 18.5. The number of hydrogen-bond acceptors (Lipinski definition) is 2. The number of aryl methyl sites for hydroxylation is 2. The number of rotatable bonds is 5. The molecule has 1 heterocycles. The van der Waals surface area contributed by atoms with E-state index < -0.39 is 0 Å². The van der Waals surface area contributed by atoms with Crippen LogP contribution < -0.4 is 4.90 Å². The average Bonchev–Trinajstić information content (AvgIpc) is 3.19. The number of aliphatic hydroxyl groups is 1. The summed E-state index contributed by atoms with van der Waals surface area (Å²) in [4.78, 5) is 2.48. The van der Waals surface area contributed by atoms with Crippen LogP contribution in [0.5, 0.6) is 0 Å². The first kappa shape index (κ1) is 20.3. The normalized spacial score (nSPS) is 24.4. The summed E-state index contributed by atoms with van der Waals surface area (Å²) in [5.41, 5.74) is 4.97. The number of fused-ring (bicyclic) bond motifs is 1. The summed E-state index contributed by atoms with van der Waals surface area (Å²) in [6.07, 6.45) is 5.91. The van der Waals surface area contributed by atoms with E-state index >= 15 is 0 Å². The van der Waals surface area contributed by atoms with Crippen molar-refractivity contribution in [3.05, 3.63) is 65.2 Å². The van der Waals surface area contributed by atoms with Gasteiger partial charge in [-0.1, -0.05) is 12.5 Å². The molecule has 3 atom stereocenters. The zero-order valence-electron chi connectivity index (χ0n) is 15.1. The Labute approximate surface area is 186 Å². The number of nitrogens with zero attached hydrogens (tertiary/aromatic N) is 1. The maximum atomic E-state index is 10.0. The SMILES string of the molecule is OC1CCc2cc(N3CCC(Cl)C3CCCc3[c-]cccc3)ccc21.[Y]. The van der Waals surface area contributed by atoms with E-state index in [9.17, 15) is 5.11 Å². The van der Waals surface area contributed by atoms with Gasteiger partial charge in [0.05, 0.1) is 11.5 Å². The first-order valence-corrected chi connectivity index (χ1v) is 9.83. The minimum atomic E-state index is -0.277. The number of hydrogen-bond donors (Lipinski definition) is 1. The van der Waals surface area contributed by atoms with Crippen LogP contribution >= 0.6 is 11.6 Å². The summed E-state index contributed by atoms with van der Waals surface area (Å²) in [7, 11) is 0. The first-order valence-electron chi connectivity index (χ1n) is 9.39. The molecule has 0 saturated carbocycles. The van der Waals surface area contributed by atoms with Gasteiger partial charge in [-0.25, -0.2) is 0 Å². The molecule has 135 valence electrons. The molecule has 2 aromatic rings. The van der Waals surface area contributed by atoms with E-state index in [1.807, 2.05) is 12.1 Å². The number of halogens is 1. The van der Waals surface area contributed by atoms with Crippen LogP contribution in [0.1, 0.15) is 48.5 Å². The Morgan fingerprint density at radius 3 is 2.88 bits per heavy atom. The molecule has 4 rings (SSSR count). The first-order chi connectivity index (χ1) is 12.2. The molecule has 4 heteroatoms. The third kappa shape index (κ3) is 4.35. The van der Waals surface area contributed by atoms with Crippen molar-refractivity contribution in [3.63, 3.8) is 0 Å². The molecule has 1 fully saturated rings. The molecule has 2 aromatic carbocycles. The molecule has 0 bridgehead atoms. The number of aliphatic hydroxyl groups excluding tert-OH is 1. The Morgan fingerprint density at radius 2 is 2.08 bits per heavy atom. The van der Waals surface area contributed by atoms with Gasteiger partial charge in [-0.15, -0.1) is 11.6 Å². The predicted octanol–water partition coefficient (Wildman–Crippen LogP) is 4.67. The van der Waals surface area contributed by atoms with Crippen molar-refractivity contribution >= 4 is 17.3 Å². The molecule has 1 aliphatic carbocycles. The van der Waals surface area contributed by atoms with E-state index in [1.165, 1.54) is 16.8 Å². The smallest absolute Gasteiger partial charge is 0.0795 e. The summed E-state index contributed by atoms with van der Waals surface area (Å²) < 4.78 is 0. The fourth-order valence-electron chi connectivity index (χ4n) is 4.32. The zero-order chi connectivity index (χ0) is 17.2. The van der Waals surface area contributed by atoms with Crippen LogP contribution in [0.2, 0.25) is 0 Å². The summed E-state index contributed by atoms with van der Waals surface area (Å²) in [5, 5.41) is 10.2. The quantitative estimate of drug-likeness (QED) is 0.536. The summed E-state index contributed by atoms with van der Waals surface area (Å²) >= 11 is 6.66. The van der Waals surface area contributed by atoms with E-state index in [4.69, 9.17) is 11.6 Å². The van der Waals surface area contributed by atoms with Gasteiger partial charge in [-0.2, -0.15) is 35.9 Å². The van der Waals surface area contributed by atoms with Crippen LogP contribution in [0.4, 0.5) is 5.69 Å². The standard InChI is InChI=1S/C22H25ClNO.Y/c23-20-13-14-24(18-10-11-19-17(15-18)9-12-22(19)25)21(20)8-4-7-16-5-2-1-3-6-16;/h1-3,5,10-11,15,20-22,25H,4,7-9,12-14H2;/q-1;. The van der Waals surface area contributed by atoms with Crippen molar-refractivity contribution in [1.29, 1.82) is 0 Å². The molecule has 0 aromatic heterocycles. The second kappa shape index (κ2) is 9.19. The minimum absolute atomic E-state index is 0. The van der Waals surface area contributed by atoms with Gasteiger partial charge in [0.1, 0.15) is 0 Å². The van der Waals surface area contributed by atoms with E-state index in [0.717, 1.165) is 50.6 Å². The maximum absolute atomic E-state index is 10.0. The largest absolute Gasteiger partial charge is 0.388 e. The average molecular weight is 444 g/mol. The molecular weight excluding hydrogens is 419 g/mol. The third-order valence-electron chi connectivity index (χ3n) is 5.69. The van der Waals surface area contributed by atoms with Gasteiger partial charge in [-0.05, 0) is 55.4 Å². The minimum Gasteiger partial charge on any atom is -0.388 e. The summed E-state index contributed by atoms with van der Waals surface area (Å²) in [6.45, 7) is 1.03. The van der Waals surface area contributed by atoms with Crippen LogP contribution in [0.15, 0.2) is 42.5 Å². The fraction of sp³-hybridized carbons (Fsp3) is 0.455. The predicted molar refractivity (Wildman–Crippen MR) is 103 cm³/mol. The van der Waals surface area contributed by atoms with Gasteiger partial charge < -0.3 is 10.0 Å². The van der Waals surface area contributed by atoms with E-state index in [1.54, 1.807) is 0 Å². The van der Waals surface area contributed by atoms with Crippen LogP contribution in [0.3, 0.4) is 0 Å². The molecule has 1 aliphatic heterocycles. The van der Waals surface area contributed by atoms with Crippen molar-refractivity contribution in [2.24, 2.45) is 0 Å². The van der Waals surface area contributed by atoms with Crippen molar-refractivity contribution in [1.82, 2.24) is 0 Å². The van der Waals surface area contributed by atoms with Gasteiger partial charge >= 0.3 is 0 Å². The number of anilines is 1. The Hall–Kier alpha value is -0.406. The number of benzene rings is 2. The van der Waals surface area contributed by atoms with Crippen molar-refractivity contribution in [2.75, 3.05) is 11.4 Å². The summed E-state index contributed by atoms with van der Waals surface area (Å²) in [5.74, 6) is 0. The molecule has 1 saturated heterocycles. The second-order valence-electron chi connectivity index (χ2n) is 7.28. The van der Waals surface area contributed by atoms with Gasteiger partial charge in [-0.3, -0.25) is 0 Å². The molecule has 1 N–H and O–H groups in total. The Kier molecular flexibility index (Phi) is 7.19. The third-order valence-corrected chi connectivity index (χ3v) is 6.20. The van der Waals surface area contributed by atoms with Gasteiger partial charge in [0.25, 0.3) is 0 Å². The molecule has 0 amide bonds. The van der Waals surface area contributed by atoms with Crippen molar-refractivity contribution < 1.29 is 37.8 Å². The Balaban J connectivity index is 0.00000196. The maximum Gasteiger partial charge on any atom is 0.0795 e. The Bertz CT molecular complexity index is 723. The molecule has 0 spiro atoms. The monoisotopic (exact) mass is 443 g/mol. The molecule has 26 heavy (non-hydrogen) atoms. The molecule has 2 aliphatic rings. The van der Waals surface area contributed by atoms with Gasteiger partial charge in [0.2, 0.25) is 0 Å². The zero-order valence-corrected chi connectivity index (χ0v) is 18.7. The number of alkyl halides is 1. The van der Waals surface area contributed by atoms with Crippen LogP contribution in [-0.4, -0.2) is 23.1 Å². The molecular formula is C22H25ClNOY-. The fourth-order valence-corrected chi connectivity index (χ4v) is 4.68. The van der Waals surface area contributed by atoms with Gasteiger partial charge in [0, 0.05) is 51.0 Å². The topological polar surface area (TPSA) is 23.5 Å². The molecule has 1 radical (unpaired) electrons. The van der Waals surface area contributed by atoms with E-state index in [2.05, 4.69) is 41.3 Å². The van der Waals surface area contributed by atoms with Crippen molar-refractivity contribution in [2.45, 2.75) is 56.0 Å². The molecule has 3 unspecified atom stereocenters. The van der Waals surface area contributed by atoms with Crippen LogP contribution in [0, 0.1) is 6.07 Å². The molecule has 2 nitrogen and oxygen atoms in total. The van der Waals surface area contributed by atoms with E-state index in [-0.39, 0.29) is 44.2 Å². The van der Waals surface area contributed by atoms with Gasteiger partial charge in [0.15, 0.2) is 0 Å². The second-order valence-corrected chi connectivity index (χ2v) is 7.84.